The molecule has 1 nitrogen and oxygen atoms in total. The topological polar surface area (TPSA) is 12.0 Å². The second-order valence-corrected chi connectivity index (χ2v) is 12.4. The third kappa shape index (κ3) is 18.1. The van der Waals surface area contributed by atoms with Crippen LogP contribution in [0.3, 0.4) is 0 Å². The Kier molecular flexibility index (Phi) is 19.2. The number of anilines is 1. The van der Waals surface area contributed by atoms with Crippen LogP contribution in [0.25, 0.3) is 5.57 Å². The summed E-state index contributed by atoms with van der Waals surface area (Å²) in [6.07, 6.45) is 14.2. The summed E-state index contributed by atoms with van der Waals surface area (Å²) in [5.41, 5.74) is 11.7. The minimum Gasteiger partial charge on any atom is -0.356 e. The van der Waals surface area contributed by atoms with E-state index >= 15 is 0 Å². The van der Waals surface area contributed by atoms with E-state index in [4.69, 9.17) is 0 Å². The smallest absolute Gasteiger partial charge is 0.0422 e. The maximum absolute atomic E-state index is 4.17. The summed E-state index contributed by atoms with van der Waals surface area (Å²) in [7, 11) is 0. The number of aryl methyl sites for hydroxylation is 3. The molecule has 0 aliphatic heterocycles. The maximum Gasteiger partial charge on any atom is 0.0422 e. The van der Waals surface area contributed by atoms with Gasteiger partial charge in [0.15, 0.2) is 0 Å². The summed E-state index contributed by atoms with van der Waals surface area (Å²) in [4.78, 5) is 0. The van der Waals surface area contributed by atoms with Crippen molar-refractivity contribution in [2.45, 2.75) is 114 Å². The van der Waals surface area contributed by atoms with Crippen molar-refractivity contribution in [1.29, 1.82) is 0 Å². The van der Waals surface area contributed by atoms with Gasteiger partial charge >= 0.3 is 0 Å². The fraction of sp³-hybridized carbons (Fsp3) is 0.450. The van der Waals surface area contributed by atoms with Gasteiger partial charge in [0.05, 0.1) is 0 Å². The van der Waals surface area contributed by atoms with Crippen LogP contribution in [0.2, 0.25) is 0 Å². The second kappa shape index (κ2) is 20.8. The predicted molar refractivity (Wildman–Crippen MR) is 190 cm³/mol. The average molecular weight is 556 g/mol. The van der Waals surface area contributed by atoms with Gasteiger partial charge in [-0.15, -0.1) is 6.58 Å². The fourth-order valence-corrected chi connectivity index (χ4v) is 3.88. The number of hydrogen-bond acceptors (Lipinski definition) is 1. The molecule has 1 aliphatic rings. The largest absolute Gasteiger partial charge is 0.356 e. The van der Waals surface area contributed by atoms with E-state index < -0.39 is 0 Å². The first-order chi connectivity index (χ1) is 19.3. The van der Waals surface area contributed by atoms with Crippen molar-refractivity contribution in [2.24, 2.45) is 5.41 Å². The van der Waals surface area contributed by atoms with Crippen LogP contribution in [0.5, 0.6) is 0 Å². The quantitative estimate of drug-likeness (QED) is 0.272. The lowest BCUT2D eigenvalue weighted by Crippen LogP contribution is -2.04. The van der Waals surface area contributed by atoms with E-state index in [0.717, 1.165) is 49.1 Å². The predicted octanol–water partition coefficient (Wildman–Crippen LogP) is 12.7. The Labute approximate surface area is 255 Å². The van der Waals surface area contributed by atoms with Crippen LogP contribution in [0.1, 0.15) is 117 Å². The lowest BCUT2D eigenvalue weighted by molar-refractivity contribution is 0.469. The zero-order valence-electron chi connectivity index (χ0n) is 28.3. The van der Waals surface area contributed by atoms with Gasteiger partial charge in [-0.1, -0.05) is 147 Å². The minimum absolute atomic E-state index is 0.500. The third-order valence-corrected chi connectivity index (χ3v) is 5.97. The Morgan fingerprint density at radius 1 is 0.805 bits per heavy atom. The number of rotatable bonds is 11. The Bertz CT molecular complexity index is 1110. The van der Waals surface area contributed by atoms with Gasteiger partial charge in [0.1, 0.15) is 0 Å². The monoisotopic (exact) mass is 555 g/mol. The molecule has 2 aromatic rings. The van der Waals surface area contributed by atoms with Gasteiger partial charge in [-0.25, -0.2) is 0 Å². The summed E-state index contributed by atoms with van der Waals surface area (Å²) in [6.45, 7) is 33.4. The van der Waals surface area contributed by atoms with Crippen molar-refractivity contribution in [2.75, 3.05) is 5.32 Å². The van der Waals surface area contributed by atoms with Gasteiger partial charge in [0, 0.05) is 11.4 Å². The molecular formula is C40H61N. The Morgan fingerprint density at radius 2 is 1.34 bits per heavy atom. The molecule has 1 aliphatic carbocycles. The molecule has 0 saturated carbocycles. The number of allylic oxidation sites excluding steroid dienone is 6. The first kappa shape index (κ1) is 37.9. The molecule has 1 heteroatoms. The van der Waals surface area contributed by atoms with Gasteiger partial charge < -0.3 is 5.32 Å². The van der Waals surface area contributed by atoms with Crippen LogP contribution in [0, 0.1) is 5.41 Å². The molecular weight excluding hydrogens is 494 g/mol. The number of hydrogen-bond donors (Lipinski definition) is 1. The molecule has 0 spiro atoms. The molecule has 0 aromatic heterocycles. The summed E-state index contributed by atoms with van der Waals surface area (Å²) < 4.78 is 0. The lowest BCUT2D eigenvalue weighted by Gasteiger charge is -2.16. The van der Waals surface area contributed by atoms with Crippen LogP contribution in [-0.2, 0) is 19.3 Å². The van der Waals surface area contributed by atoms with E-state index in [1.54, 1.807) is 0 Å². The van der Waals surface area contributed by atoms with Crippen LogP contribution < -0.4 is 5.32 Å². The van der Waals surface area contributed by atoms with Crippen molar-refractivity contribution >= 4 is 11.3 Å². The summed E-state index contributed by atoms with van der Waals surface area (Å²) in [5.74, 6) is 0. The Hall–Kier alpha value is -3.06. The average Bonchev–Trinajstić information content (AvgIpc) is 3.45. The van der Waals surface area contributed by atoms with Crippen molar-refractivity contribution < 1.29 is 0 Å². The fourth-order valence-electron chi connectivity index (χ4n) is 3.88. The molecule has 1 N–H and O–H groups in total. The molecule has 0 bridgehead atoms. The van der Waals surface area contributed by atoms with Crippen LogP contribution in [0.15, 0.2) is 97.3 Å². The Balaban J connectivity index is 0.000000662. The van der Waals surface area contributed by atoms with Gasteiger partial charge in [-0.05, 0) is 85.3 Å². The van der Waals surface area contributed by atoms with Gasteiger partial charge in [-0.2, -0.15) is 0 Å². The molecule has 3 rings (SSSR count). The summed E-state index contributed by atoms with van der Waals surface area (Å²) >= 11 is 0. The van der Waals surface area contributed by atoms with Crippen molar-refractivity contribution in [1.82, 2.24) is 0 Å². The molecule has 0 heterocycles. The van der Waals surface area contributed by atoms with Gasteiger partial charge in [-0.3, -0.25) is 0 Å². The van der Waals surface area contributed by atoms with Crippen molar-refractivity contribution in [3.05, 3.63) is 120 Å². The standard InChI is InChI=1S/C19H23N.C14H20.C5H12.C2H6/c1-5-8-17-11-12-18(14(2)3)13-19(17)20-15(4)16-9-6-7-10-16;1-4-5-13-8-10-14(11-9-13)7-6-12(2)3;1-5(2,3)4;1-2/h6-7,9,11-13,20H,2,4-5,8,10H2,1,3H3;8-11H,2,4-7H2,1,3H3;1-4H3;1-2H3. The van der Waals surface area contributed by atoms with Crippen LogP contribution >= 0.6 is 0 Å². The molecule has 0 unspecified atom stereocenters. The molecule has 41 heavy (non-hydrogen) atoms. The van der Waals surface area contributed by atoms with E-state index in [0.29, 0.717) is 5.41 Å². The molecule has 0 radical (unpaired) electrons. The first-order valence-electron chi connectivity index (χ1n) is 15.7. The minimum atomic E-state index is 0.500. The first-order valence-corrected chi connectivity index (χ1v) is 15.7. The van der Waals surface area contributed by atoms with E-state index in [-0.39, 0.29) is 0 Å². The zero-order valence-corrected chi connectivity index (χ0v) is 28.3. The van der Waals surface area contributed by atoms with Gasteiger partial charge in [0.25, 0.3) is 0 Å². The molecule has 0 amide bonds. The highest BCUT2D eigenvalue weighted by atomic mass is 14.9. The lowest BCUT2D eigenvalue weighted by atomic mass is 10.0. The SMILES string of the molecule is C=C(C)CCc1ccc(CCC)cc1.C=C(Nc1cc(C(=C)C)ccc1CCC)C1=CC=CC1.CC.CC(C)(C)C. The third-order valence-electron chi connectivity index (χ3n) is 5.97. The highest BCUT2D eigenvalue weighted by molar-refractivity contribution is 5.69. The summed E-state index contributed by atoms with van der Waals surface area (Å²) in [6, 6.07) is 15.5. The maximum atomic E-state index is 4.17. The van der Waals surface area contributed by atoms with E-state index in [9.17, 15) is 0 Å². The van der Waals surface area contributed by atoms with Crippen molar-refractivity contribution in [3.63, 3.8) is 0 Å². The number of benzene rings is 2. The van der Waals surface area contributed by atoms with Crippen LogP contribution in [0.4, 0.5) is 5.69 Å². The van der Waals surface area contributed by atoms with E-state index in [1.807, 2.05) is 20.8 Å². The molecule has 2 aromatic carbocycles. The van der Waals surface area contributed by atoms with Crippen molar-refractivity contribution in [3.8, 4) is 0 Å². The highest BCUT2D eigenvalue weighted by Gasteiger charge is 2.09. The normalized spacial score (nSPS) is 11.5. The molecule has 226 valence electrons. The zero-order chi connectivity index (χ0) is 31.4. The molecule has 0 fully saturated rings. The number of nitrogens with one attached hydrogen (secondary N) is 1. The van der Waals surface area contributed by atoms with Gasteiger partial charge in [0.2, 0.25) is 0 Å². The second-order valence-electron chi connectivity index (χ2n) is 12.4. The van der Waals surface area contributed by atoms with E-state index in [2.05, 4.69) is 134 Å². The molecule has 0 atom stereocenters. The summed E-state index contributed by atoms with van der Waals surface area (Å²) in [5, 5.41) is 3.49. The molecule has 0 saturated heterocycles. The van der Waals surface area contributed by atoms with Crippen LogP contribution in [-0.4, -0.2) is 0 Å². The highest BCUT2D eigenvalue weighted by Crippen LogP contribution is 2.27. The Morgan fingerprint density at radius 3 is 1.78 bits per heavy atom. The van der Waals surface area contributed by atoms with E-state index in [1.165, 1.54) is 46.2 Å².